The summed E-state index contributed by atoms with van der Waals surface area (Å²) in [4.78, 5) is 12.4. The number of benzene rings is 1. The molecule has 0 saturated carbocycles. The lowest BCUT2D eigenvalue weighted by atomic mass is 10.0. The number of ether oxygens (including phenoxy) is 2. The van der Waals surface area contributed by atoms with Crippen LogP contribution in [0, 0.1) is 6.92 Å². The van der Waals surface area contributed by atoms with Crippen molar-refractivity contribution in [1.82, 2.24) is 5.32 Å². The van der Waals surface area contributed by atoms with Crippen molar-refractivity contribution in [2.24, 2.45) is 0 Å². The highest BCUT2D eigenvalue weighted by atomic mass is 16.5. The Morgan fingerprint density at radius 1 is 1.55 bits per heavy atom. The maximum atomic E-state index is 12.4. The number of carbonyl (C=O) groups excluding carboxylic acids is 1. The molecule has 1 fully saturated rings. The van der Waals surface area contributed by atoms with E-state index < -0.39 is 0 Å². The first-order chi connectivity index (χ1) is 9.61. The molecule has 20 heavy (non-hydrogen) atoms. The summed E-state index contributed by atoms with van der Waals surface area (Å²) in [5.74, 6) is 0.912. The van der Waals surface area contributed by atoms with Gasteiger partial charge in [0.25, 0.3) is 0 Å². The van der Waals surface area contributed by atoms with Crippen molar-refractivity contribution in [3.63, 3.8) is 0 Å². The van der Waals surface area contributed by atoms with Crippen molar-refractivity contribution in [1.29, 1.82) is 0 Å². The van der Waals surface area contributed by atoms with Crippen LogP contribution < -0.4 is 10.1 Å². The van der Waals surface area contributed by atoms with Crippen molar-refractivity contribution in [2.75, 3.05) is 20.3 Å². The molecule has 1 N–H and O–H groups in total. The molecule has 4 nitrogen and oxygen atoms in total. The topological polar surface area (TPSA) is 47.6 Å². The fourth-order valence-electron chi connectivity index (χ4n) is 2.49. The summed E-state index contributed by atoms with van der Waals surface area (Å²) >= 11 is 0. The van der Waals surface area contributed by atoms with E-state index in [4.69, 9.17) is 9.47 Å². The third-order valence-corrected chi connectivity index (χ3v) is 3.75. The quantitative estimate of drug-likeness (QED) is 0.811. The highest BCUT2D eigenvalue weighted by Crippen LogP contribution is 2.19. The van der Waals surface area contributed by atoms with Gasteiger partial charge in [-0.3, -0.25) is 4.79 Å². The number of carbonyl (C=O) groups is 1. The van der Waals surface area contributed by atoms with Gasteiger partial charge in [0.05, 0.1) is 19.3 Å². The molecule has 1 aliphatic rings. The monoisotopic (exact) mass is 277 g/mol. The van der Waals surface area contributed by atoms with E-state index in [1.165, 1.54) is 0 Å². The summed E-state index contributed by atoms with van der Waals surface area (Å²) < 4.78 is 10.8. The zero-order valence-electron chi connectivity index (χ0n) is 12.4. The minimum atomic E-state index is -0.202. The Hall–Kier alpha value is -1.39. The van der Waals surface area contributed by atoms with E-state index in [1.807, 2.05) is 32.0 Å². The van der Waals surface area contributed by atoms with E-state index in [0.29, 0.717) is 0 Å². The molecular weight excluding hydrogens is 254 g/mol. The molecule has 1 aliphatic heterocycles. The second-order valence-corrected chi connectivity index (χ2v) is 5.31. The van der Waals surface area contributed by atoms with Gasteiger partial charge in [-0.15, -0.1) is 0 Å². The van der Waals surface area contributed by atoms with Crippen molar-refractivity contribution in [3.8, 4) is 5.75 Å². The summed E-state index contributed by atoms with van der Waals surface area (Å²) in [5.41, 5.74) is 1.69. The van der Waals surface area contributed by atoms with Crippen LogP contribution in [0.3, 0.4) is 0 Å². The predicted octanol–water partition coefficient (Wildman–Crippen LogP) is 2.34. The van der Waals surface area contributed by atoms with Gasteiger partial charge in [-0.05, 0) is 50.5 Å². The standard InChI is InChI=1S/C16H23NO3/c1-11-9-13(6-7-15(11)19-3)16(18)12(2)17-10-14-5-4-8-20-14/h6-7,9,12,14,17H,4-5,8,10H2,1-3H3. The second-order valence-electron chi connectivity index (χ2n) is 5.31. The SMILES string of the molecule is COc1ccc(C(=O)C(C)NCC2CCCO2)cc1C. The van der Waals surface area contributed by atoms with E-state index in [9.17, 15) is 4.79 Å². The van der Waals surface area contributed by atoms with E-state index in [0.717, 1.165) is 42.9 Å². The lowest BCUT2D eigenvalue weighted by Gasteiger charge is -2.16. The fraction of sp³-hybridized carbons (Fsp3) is 0.562. The fourth-order valence-corrected chi connectivity index (χ4v) is 2.49. The van der Waals surface area contributed by atoms with Gasteiger partial charge in [-0.25, -0.2) is 0 Å². The normalized spacial score (nSPS) is 19.9. The molecule has 1 saturated heterocycles. The van der Waals surface area contributed by atoms with Crippen LogP contribution in [0.2, 0.25) is 0 Å². The van der Waals surface area contributed by atoms with Crippen molar-refractivity contribution < 1.29 is 14.3 Å². The molecule has 2 rings (SSSR count). The number of hydrogen-bond donors (Lipinski definition) is 1. The summed E-state index contributed by atoms with van der Waals surface area (Å²) in [6, 6.07) is 5.34. The van der Waals surface area contributed by atoms with Gasteiger partial charge in [0, 0.05) is 18.7 Å². The zero-order valence-corrected chi connectivity index (χ0v) is 12.4. The predicted molar refractivity (Wildman–Crippen MR) is 78.5 cm³/mol. The van der Waals surface area contributed by atoms with Crippen LogP contribution in [0.5, 0.6) is 5.75 Å². The highest BCUT2D eigenvalue weighted by Gasteiger charge is 2.20. The molecule has 1 aromatic rings. The molecule has 4 heteroatoms. The molecule has 1 aromatic carbocycles. The Kier molecular flexibility index (Phi) is 5.15. The highest BCUT2D eigenvalue weighted by molar-refractivity contribution is 6.00. The molecule has 2 unspecified atom stereocenters. The lowest BCUT2D eigenvalue weighted by molar-refractivity contribution is 0.0902. The summed E-state index contributed by atoms with van der Waals surface area (Å²) in [7, 11) is 1.63. The molecule has 2 atom stereocenters. The largest absolute Gasteiger partial charge is 0.496 e. The van der Waals surface area contributed by atoms with Crippen molar-refractivity contribution in [3.05, 3.63) is 29.3 Å². The number of ketones is 1. The van der Waals surface area contributed by atoms with E-state index in [-0.39, 0.29) is 17.9 Å². The Morgan fingerprint density at radius 3 is 2.95 bits per heavy atom. The van der Waals surface area contributed by atoms with E-state index in [1.54, 1.807) is 7.11 Å². The first kappa shape index (κ1) is 15.0. The first-order valence-electron chi connectivity index (χ1n) is 7.15. The number of hydrogen-bond acceptors (Lipinski definition) is 4. The maximum Gasteiger partial charge on any atom is 0.179 e. The first-order valence-corrected chi connectivity index (χ1v) is 7.15. The third-order valence-electron chi connectivity index (χ3n) is 3.75. The van der Waals surface area contributed by atoms with Gasteiger partial charge in [0.1, 0.15) is 5.75 Å². The maximum absolute atomic E-state index is 12.4. The van der Waals surface area contributed by atoms with E-state index >= 15 is 0 Å². The Bertz CT molecular complexity index is 467. The zero-order chi connectivity index (χ0) is 14.5. The average Bonchev–Trinajstić information content (AvgIpc) is 2.97. The van der Waals surface area contributed by atoms with Gasteiger partial charge < -0.3 is 14.8 Å². The second kappa shape index (κ2) is 6.86. The Morgan fingerprint density at radius 2 is 2.35 bits per heavy atom. The van der Waals surface area contributed by atoms with Gasteiger partial charge in [0.2, 0.25) is 0 Å². The Balaban J connectivity index is 1.93. The van der Waals surface area contributed by atoms with Gasteiger partial charge in [0.15, 0.2) is 5.78 Å². The minimum absolute atomic E-state index is 0.105. The molecule has 0 aliphatic carbocycles. The van der Waals surface area contributed by atoms with Crippen LogP contribution in [0.15, 0.2) is 18.2 Å². The molecule has 0 bridgehead atoms. The minimum Gasteiger partial charge on any atom is -0.496 e. The van der Waals surface area contributed by atoms with Crippen molar-refractivity contribution >= 4 is 5.78 Å². The van der Waals surface area contributed by atoms with Crippen LogP contribution in [0.4, 0.5) is 0 Å². The molecule has 1 heterocycles. The molecule has 0 spiro atoms. The average molecular weight is 277 g/mol. The summed E-state index contributed by atoms with van der Waals surface area (Å²) in [6.45, 7) is 5.42. The van der Waals surface area contributed by atoms with Crippen LogP contribution in [-0.2, 0) is 4.74 Å². The van der Waals surface area contributed by atoms with Crippen LogP contribution in [0.25, 0.3) is 0 Å². The molecule has 0 amide bonds. The molecule has 0 aromatic heterocycles. The number of nitrogens with one attached hydrogen (secondary N) is 1. The van der Waals surface area contributed by atoms with Crippen molar-refractivity contribution in [2.45, 2.75) is 38.8 Å². The smallest absolute Gasteiger partial charge is 0.179 e. The van der Waals surface area contributed by atoms with Gasteiger partial charge in [-0.2, -0.15) is 0 Å². The van der Waals surface area contributed by atoms with Crippen LogP contribution in [0.1, 0.15) is 35.7 Å². The number of Topliss-reactive ketones (excluding diaryl/α,β-unsaturated/α-hetero) is 1. The lowest BCUT2D eigenvalue weighted by Crippen LogP contribution is -2.38. The molecule has 110 valence electrons. The molecule has 0 radical (unpaired) electrons. The van der Waals surface area contributed by atoms with Gasteiger partial charge in [-0.1, -0.05) is 0 Å². The summed E-state index contributed by atoms with van der Waals surface area (Å²) in [6.07, 6.45) is 2.45. The third kappa shape index (κ3) is 3.58. The van der Waals surface area contributed by atoms with Gasteiger partial charge >= 0.3 is 0 Å². The number of aryl methyl sites for hydroxylation is 1. The Labute approximate surface area is 120 Å². The number of methoxy groups -OCH3 is 1. The van der Waals surface area contributed by atoms with E-state index in [2.05, 4.69) is 5.32 Å². The van der Waals surface area contributed by atoms with Crippen LogP contribution in [-0.4, -0.2) is 38.2 Å². The summed E-state index contributed by atoms with van der Waals surface area (Å²) in [5, 5.41) is 3.27. The molecular formula is C16H23NO3. The van der Waals surface area contributed by atoms with Crippen LogP contribution >= 0.6 is 0 Å². The number of rotatable bonds is 6.